The molecule has 2 aliphatic rings. The van der Waals surface area contributed by atoms with Crippen LogP contribution in [0.4, 0.5) is 5.69 Å². The number of hydrogen-bond donors (Lipinski definition) is 1. The van der Waals surface area contributed by atoms with Crippen LogP contribution in [-0.4, -0.2) is 49.9 Å². The Bertz CT molecular complexity index is 668. The molecule has 0 bridgehead atoms. The fourth-order valence-corrected chi connectivity index (χ4v) is 6.61. The lowest BCUT2D eigenvalue weighted by atomic mass is 10.2. The van der Waals surface area contributed by atoms with Gasteiger partial charge in [0.1, 0.15) is 0 Å². The summed E-state index contributed by atoms with van der Waals surface area (Å²) in [4.78, 5) is 14.3. The minimum Gasteiger partial charge on any atom is -0.372 e. The molecule has 0 radical (unpaired) electrons. The molecule has 132 valence electrons. The normalized spacial score (nSPS) is 22.7. The van der Waals surface area contributed by atoms with Crippen LogP contribution in [0.1, 0.15) is 24.8 Å². The Balaban J connectivity index is 1.39. The van der Waals surface area contributed by atoms with Crippen molar-refractivity contribution in [3.63, 3.8) is 0 Å². The molecule has 0 aliphatic carbocycles. The zero-order valence-corrected chi connectivity index (χ0v) is 15.4. The van der Waals surface area contributed by atoms with Crippen molar-refractivity contribution in [1.82, 2.24) is 5.32 Å². The van der Waals surface area contributed by atoms with E-state index in [1.165, 1.54) is 30.3 Å². The van der Waals surface area contributed by atoms with Crippen molar-refractivity contribution in [2.75, 3.05) is 35.2 Å². The predicted molar refractivity (Wildman–Crippen MR) is 99.3 cm³/mol. The summed E-state index contributed by atoms with van der Waals surface area (Å²) in [5.41, 5.74) is 2.33. The number of anilines is 1. The number of thioether (sulfide) groups is 1. The van der Waals surface area contributed by atoms with Crippen LogP contribution in [0.3, 0.4) is 0 Å². The minimum absolute atomic E-state index is 0.0343. The van der Waals surface area contributed by atoms with E-state index in [4.69, 9.17) is 0 Å². The Morgan fingerprint density at radius 2 is 1.92 bits per heavy atom. The lowest BCUT2D eigenvalue weighted by molar-refractivity contribution is -0.118. The number of rotatable bonds is 6. The van der Waals surface area contributed by atoms with Crippen molar-refractivity contribution in [2.24, 2.45) is 0 Å². The molecule has 2 saturated heterocycles. The maximum Gasteiger partial charge on any atom is 0.230 e. The first kappa shape index (κ1) is 17.6. The van der Waals surface area contributed by atoms with Crippen molar-refractivity contribution in [1.29, 1.82) is 0 Å². The van der Waals surface area contributed by atoms with E-state index in [-0.39, 0.29) is 22.7 Å². The van der Waals surface area contributed by atoms with Crippen LogP contribution in [-0.2, 0) is 21.2 Å². The zero-order chi connectivity index (χ0) is 17.0. The average Bonchev–Trinajstić information content (AvgIpc) is 3.21. The van der Waals surface area contributed by atoms with Gasteiger partial charge in [-0.25, -0.2) is 8.42 Å². The Kier molecular flexibility index (Phi) is 5.71. The van der Waals surface area contributed by atoms with E-state index in [0.717, 1.165) is 18.7 Å². The molecule has 2 heterocycles. The highest BCUT2D eigenvalue weighted by atomic mass is 32.2. The van der Waals surface area contributed by atoms with Gasteiger partial charge in [-0.2, -0.15) is 0 Å². The van der Waals surface area contributed by atoms with Gasteiger partial charge in [-0.3, -0.25) is 4.79 Å². The molecule has 7 heteroatoms. The van der Waals surface area contributed by atoms with Gasteiger partial charge in [0.25, 0.3) is 0 Å². The van der Waals surface area contributed by atoms with Gasteiger partial charge in [0.2, 0.25) is 5.91 Å². The van der Waals surface area contributed by atoms with Crippen LogP contribution in [0.25, 0.3) is 0 Å². The molecule has 1 aromatic rings. The van der Waals surface area contributed by atoms with Crippen molar-refractivity contribution in [3.05, 3.63) is 29.8 Å². The fraction of sp³-hybridized carbons (Fsp3) is 0.588. The molecule has 0 spiro atoms. The van der Waals surface area contributed by atoms with Gasteiger partial charge in [0.15, 0.2) is 9.84 Å². The number of nitrogens with zero attached hydrogens (tertiary/aromatic N) is 1. The van der Waals surface area contributed by atoms with E-state index in [1.54, 1.807) is 0 Å². The van der Waals surface area contributed by atoms with Crippen LogP contribution in [0, 0.1) is 0 Å². The smallest absolute Gasteiger partial charge is 0.230 e. The number of amides is 1. The molecule has 0 saturated carbocycles. The van der Waals surface area contributed by atoms with Crippen LogP contribution in [0.5, 0.6) is 0 Å². The predicted octanol–water partition coefficient (Wildman–Crippen LogP) is 1.82. The highest BCUT2D eigenvalue weighted by molar-refractivity contribution is 8.02. The maximum atomic E-state index is 11.9. The third-order valence-electron chi connectivity index (χ3n) is 4.54. The summed E-state index contributed by atoms with van der Waals surface area (Å²) in [6, 6.07) is 8.35. The monoisotopic (exact) mass is 368 g/mol. The summed E-state index contributed by atoms with van der Waals surface area (Å²) < 4.78 is 22.8. The van der Waals surface area contributed by atoms with Gasteiger partial charge in [0.05, 0.1) is 17.3 Å². The van der Waals surface area contributed by atoms with E-state index in [1.807, 2.05) is 0 Å². The Labute approximate surface area is 148 Å². The standard InChI is InChI=1S/C17H24N2O3S2/c20-17(12-23-16-7-10-24(21,22)13-16)18-11-14-3-5-15(6-4-14)19-8-1-2-9-19/h3-6,16H,1-2,7-13H2,(H,18,20). The van der Waals surface area contributed by atoms with Crippen molar-refractivity contribution < 1.29 is 13.2 Å². The molecule has 1 N–H and O–H groups in total. The first-order valence-electron chi connectivity index (χ1n) is 8.44. The van der Waals surface area contributed by atoms with Gasteiger partial charge in [-0.15, -0.1) is 11.8 Å². The molecule has 3 rings (SSSR count). The highest BCUT2D eigenvalue weighted by Gasteiger charge is 2.28. The second kappa shape index (κ2) is 7.78. The van der Waals surface area contributed by atoms with Crippen molar-refractivity contribution >= 4 is 33.2 Å². The van der Waals surface area contributed by atoms with E-state index in [0.29, 0.717) is 18.7 Å². The van der Waals surface area contributed by atoms with Gasteiger partial charge in [-0.1, -0.05) is 12.1 Å². The second-order valence-corrected chi connectivity index (χ2v) is 9.99. The average molecular weight is 369 g/mol. The SMILES string of the molecule is O=C(CSC1CCS(=O)(=O)C1)NCc1ccc(N2CCCC2)cc1. The Morgan fingerprint density at radius 1 is 1.21 bits per heavy atom. The summed E-state index contributed by atoms with van der Waals surface area (Å²) in [6.45, 7) is 2.77. The molecule has 2 fully saturated rings. The van der Waals surface area contributed by atoms with Crippen LogP contribution < -0.4 is 10.2 Å². The topological polar surface area (TPSA) is 66.5 Å². The maximum absolute atomic E-state index is 11.9. The number of sulfone groups is 1. The molecule has 0 aromatic heterocycles. The molecule has 1 amide bonds. The number of benzene rings is 1. The minimum atomic E-state index is -2.87. The lowest BCUT2D eigenvalue weighted by Gasteiger charge is -2.17. The highest BCUT2D eigenvalue weighted by Crippen LogP contribution is 2.24. The fourth-order valence-electron chi connectivity index (χ4n) is 3.14. The summed E-state index contributed by atoms with van der Waals surface area (Å²) in [7, 11) is -2.87. The molecule has 5 nitrogen and oxygen atoms in total. The van der Waals surface area contributed by atoms with Gasteiger partial charge < -0.3 is 10.2 Å². The summed E-state index contributed by atoms with van der Waals surface area (Å²) >= 11 is 1.45. The third kappa shape index (κ3) is 4.89. The number of nitrogens with one attached hydrogen (secondary N) is 1. The van der Waals surface area contributed by atoms with E-state index in [9.17, 15) is 13.2 Å². The molecular formula is C17H24N2O3S2. The summed E-state index contributed by atoms with van der Waals surface area (Å²) in [6.07, 6.45) is 3.19. The molecule has 1 atom stereocenters. The molecule has 2 aliphatic heterocycles. The van der Waals surface area contributed by atoms with Crippen LogP contribution >= 0.6 is 11.8 Å². The van der Waals surface area contributed by atoms with Crippen LogP contribution in [0.2, 0.25) is 0 Å². The first-order chi connectivity index (χ1) is 11.5. The Morgan fingerprint density at radius 3 is 2.54 bits per heavy atom. The molecule has 24 heavy (non-hydrogen) atoms. The first-order valence-corrected chi connectivity index (χ1v) is 11.3. The van der Waals surface area contributed by atoms with Gasteiger partial charge >= 0.3 is 0 Å². The summed E-state index contributed by atoms with van der Waals surface area (Å²) in [5.74, 6) is 0.762. The second-order valence-electron chi connectivity index (χ2n) is 6.47. The summed E-state index contributed by atoms with van der Waals surface area (Å²) in [5, 5.41) is 2.98. The Hall–Kier alpha value is -1.21. The van der Waals surface area contributed by atoms with E-state index in [2.05, 4.69) is 34.5 Å². The van der Waals surface area contributed by atoms with Crippen molar-refractivity contribution in [2.45, 2.75) is 31.1 Å². The van der Waals surface area contributed by atoms with Crippen molar-refractivity contribution in [3.8, 4) is 0 Å². The number of hydrogen-bond acceptors (Lipinski definition) is 5. The third-order valence-corrected chi connectivity index (χ3v) is 7.82. The molecular weight excluding hydrogens is 344 g/mol. The number of carbonyl (C=O) groups excluding carboxylic acids is 1. The lowest BCUT2D eigenvalue weighted by Crippen LogP contribution is -2.25. The van der Waals surface area contributed by atoms with E-state index >= 15 is 0 Å². The molecule has 1 aromatic carbocycles. The van der Waals surface area contributed by atoms with Crippen LogP contribution in [0.15, 0.2) is 24.3 Å². The molecule has 1 unspecified atom stereocenters. The van der Waals surface area contributed by atoms with Gasteiger partial charge in [-0.05, 0) is 37.0 Å². The van der Waals surface area contributed by atoms with E-state index < -0.39 is 9.84 Å². The largest absolute Gasteiger partial charge is 0.372 e. The quantitative estimate of drug-likeness (QED) is 0.830. The number of carbonyl (C=O) groups is 1. The van der Waals surface area contributed by atoms with Gasteiger partial charge in [0, 0.05) is 30.6 Å². The zero-order valence-electron chi connectivity index (χ0n) is 13.7.